The Bertz CT molecular complexity index is 686. The van der Waals surface area contributed by atoms with E-state index in [0.29, 0.717) is 57.0 Å². The second-order valence-electron chi connectivity index (χ2n) is 6.52. The Morgan fingerprint density at radius 2 is 1.96 bits per heavy atom. The van der Waals surface area contributed by atoms with Crippen molar-refractivity contribution in [3.8, 4) is 0 Å². The average molecular weight is 378 g/mol. The first-order valence-corrected chi connectivity index (χ1v) is 8.94. The zero-order valence-electron chi connectivity index (χ0n) is 15.8. The molecule has 0 aromatic heterocycles. The van der Waals surface area contributed by atoms with Gasteiger partial charge in [0.1, 0.15) is 0 Å². The van der Waals surface area contributed by atoms with Gasteiger partial charge >= 0.3 is 0 Å². The quantitative estimate of drug-likeness (QED) is 0.408. The van der Waals surface area contributed by atoms with Gasteiger partial charge in [0.15, 0.2) is 0 Å². The standard InChI is InChI=1S/C18H26N4O5/c1-14-4-5-15(12-16(14)22(25)26)18(24)21-9-7-20(8-10-21)13-17(23)19-6-3-11-27-2/h4-5,12H,3,6-11,13H2,1-2H3,(H,19,23). The molecule has 0 aliphatic carbocycles. The van der Waals surface area contributed by atoms with E-state index in [1.54, 1.807) is 31.1 Å². The van der Waals surface area contributed by atoms with E-state index < -0.39 is 4.92 Å². The fourth-order valence-electron chi connectivity index (χ4n) is 2.93. The maximum atomic E-state index is 12.6. The number of nitrogens with zero attached hydrogens (tertiary/aromatic N) is 3. The molecule has 0 radical (unpaired) electrons. The minimum Gasteiger partial charge on any atom is -0.385 e. The highest BCUT2D eigenvalue weighted by atomic mass is 16.6. The Labute approximate surface area is 158 Å². The smallest absolute Gasteiger partial charge is 0.273 e. The maximum Gasteiger partial charge on any atom is 0.273 e. The van der Waals surface area contributed by atoms with Gasteiger partial charge in [-0.15, -0.1) is 0 Å². The monoisotopic (exact) mass is 378 g/mol. The number of aryl methyl sites for hydroxylation is 1. The topological polar surface area (TPSA) is 105 Å². The number of nitro groups is 1. The lowest BCUT2D eigenvalue weighted by Crippen LogP contribution is -2.51. The number of nitrogens with one attached hydrogen (secondary N) is 1. The molecule has 0 saturated carbocycles. The lowest BCUT2D eigenvalue weighted by Gasteiger charge is -2.34. The van der Waals surface area contributed by atoms with E-state index in [1.165, 1.54) is 6.07 Å². The third kappa shape index (κ3) is 6.00. The highest BCUT2D eigenvalue weighted by Crippen LogP contribution is 2.20. The summed E-state index contributed by atoms with van der Waals surface area (Å²) in [4.78, 5) is 38.8. The van der Waals surface area contributed by atoms with E-state index in [0.717, 1.165) is 6.42 Å². The number of hydrogen-bond donors (Lipinski definition) is 1. The molecule has 2 amide bonds. The molecule has 1 aliphatic heterocycles. The Kier molecular flexibility index (Phi) is 7.68. The predicted octanol–water partition coefficient (Wildman–Crippen LogP) is 0.814. The summed E-state index contributed by atoms with van der Waals surface area (Å²) in [5.74, 6) is -0.262. The highest BCUT2D eigenvalue weighted by molar-refractivity contribution is 5.95. The summed E-state index contributed by atoms with van der Waals surface area (Å²) in [5.41, 5.74) is 0.791. The van der Waals surface area contributed by atoms with Crippen molar-refractivity contribution in [1.82, 2.24) is 15.1 Å². The molecule has 9 heteroatoms. The molecular formula is C18H26N4O5. The number of methoxy groups -OCH3 is 1. The molecule has 1 heterocycles. The molecule has 1 aromatic rings. The van der Waals surface area contributed by atoms with Crippen LogP contribution in [0.5, 0.6) is 0 Å². The van der Waals surface area contributed by atoms with Gasteiger partial charge in [-0.2, -0.15) is 0 Å². The largest absolute Gasteiger partial charge is 0.385 e. The number of piperazine rings is 1. The maximum absolute atomic E-state index is 12.6. The number of hydrogen-bond acceptors (Lipinski definition) is 6. The van der Waals surface area contributed by atoms with Crippen molar-refractivity contribution >= 4 is 17.5 Å². The molecule has 1 saturated heterocycles. The number of benzene rings is 1. The van der Waals surface area contributed by atoms with Gasteiger partial charge < -0.3 is 15.0 Å². The van der Waals surface area contributed by atoms with Gasteiger partial charge in [0.2, 0.25) is 5.91 Å². The van der Waals surface area contributed by atoms with Crippen LogP contribution in [0.1, 0.15) is 22.3 Å². The van der Waals surface area contributed by atoms with Crippen LogP contribution in [0.2, 0.25) is 0 Å². The van der Waals surface area contributed by atoms with Crippen molar-refractivity contribution in [2.24, 2.45) is 0 Å². The van der Waals surface area contributed by atoms with Crippen LogP contribution in [-0.4, -0.2) is 79.5 Å². The van der Waals surface area contributed by atoms with Crippen LogP contribution in [0.25, 0.3) is 0 Å². The van der Waals surface area contributed by atoms with Crippen molar-refractivity contribution in [1.29, 1.82) is 0 Å². The SMILES string of the molecule is COCCCNC(=O)CN1CCN(C(=O)c2ccc(C)c([N+](=O)[O-])c2)CC1. The predicted molar refractivity (Wildman–Crippen MR) is 99.7 cm³/mol. The number of rotatable bonds is 8. The van der Waals surface area contributed by atoms with Crippen LogP contribution >= 0.6 is 0 Å². The molecule has 2 rings (SSSR count). The van der Waals surface area contributed by atoms with Gasteiger partial charge in [-0.25, -0.2) is 0 Å². The minimum atomic E-state index is -0.477. The van der Waals surface area contributed by atoms with E-state index in [1.807, 2.05) is 4.90 Å². The summed E-state index contributed by atoms with van der Waals surface area (Å²) < 4.78 is 4.93. The van der Waals surface area contributed by atoms with Crippen molar-refractivity contribution in [3.63, 3.8) is 0 Å². The van der Waals surface area contributed by atoms with Gasteiger partial charge in [0, 0.05) is 63.6 Å². The Morgan fingerprint density at radius 1 is 1.26 bits per heavy atom. The van der Waals surface area contributed by atoms with Gasteiger partial charge in [-0.1, -0.05) is 6.07 Å². The molecule has 1 aliphatic rings. The van der Waals surface area contributed by atoms with Gasteiger partial charge in [0.05, 0.1) is 11.5 Å². The van der Waals surface area contributed by atoms with Gasteiger partial charge in [0.25, 0.3) is 11.6 Å². The number of nitro benzene ring substituents is 1. The van der Waals surface area contributed by atoms with E-state index in [4.69, 9.17) is 4.74 Å². The first-order chi connectivity index (χ1) is 12.9. The molecule has 1 fully saturated rings. The third-order valence-corrected chi connectivity index (χ3v) is 4.53. The highest BCUT2D eigenvalue weighted by Gasteiger charge is 2.24. The summed E-state index contributed by atoms with van der Waals surface area (Å²) in [7, 11) is 1.62. The van der Waals surface area contributed by atoms with Crippen LogP contribution in [0.3, 0.4) is 0 Å². The first-order valence-electron chi connectivity index (χ1n) is 8.94. The van der Waals surface area contributed by atoms with Crippen LogP contribution < -0.4 is 5.32 Å². The van der Waals surface area contributed by atoms with E-state index >= 15 is 0 Å². The third-order valence-electron chi connectivity index (χ3n) is 4.53. The zero-order valence-corrected chi connectivity index (χ0v) is 15.8. The number of ether oxygens (including phenoxy) is 1. The fraction of sp³-hybridized carbons (Fsp3) is 0.556. The summed E-state index contributed by atoms with van der Waals surface area (Å²) in [6.45, 7) is 5.28. The molecule has 1 aromatic carbocycles. The Morgan fingerprint density at radius 3 is 2.59 bits per heavy atom. The zero-order chi connectivity index (χ0) is 19.8. The summed E-state index contributed by atoms with van der Waals surface area (Å²) >= 11 is 0. The summed E-state index contributed by atoms with van der Waals surface area (Å²) in [6.07, 6.45) is 0.771. The first kappa shape index (κ1) is 20.8. The second kappa shape index (κ2) is 9.98. The van der Waals surface area contributed by atoms with Crippen molar-refractivity contribution in [3.05, 3.63) is 39.4 Å². The normalized spacial score (nSPS) is 14.8. The Hall–Kier alpha value is -2.52. The molecule has 0 spiro atoms. The van der Waals surface area contributed by atoms with Gasteiger partial charge in [-0.05, 0) is 19.4 Å². The number of amides is 2. The lowest BCUT2D eigenvalue weighted by atomic mass is 10.1. The Balaban J connectivity index is 1.83. The van der Waals surface area contributed by atoms with Crippen molar-refractivity contribution in [2.45, 2.75) is 13.3 Å². The molecule has 0 bridgehead atoms. The van der Waals surface area contributed by atoms with E-state index in [9.17, 15) is 19.7 Å². The van der Waals surface area contributed by atoms with Crippen LogP contribution in [0.15, 0.2) is 18.2 Å². The molecule has 1 N–H and O–H groups in total. The summed E-state index contributed by atoms with van der Waals surface area (Å²) in [5, 5.41) is 13.9. The summed E-state index contributed by atoms with van der Waals surface area (Å²) in [6, 6.07) is 4.54. The number of carbonyl (C=O) groups excluding carboxylic acids is 2. The van der Waals surface area contributed by atoms with Crippen molar-refractivity contribution < 1.29 is 19.2 Å². The second-order valence-corrected chi connectivity index (χ2v) is 6.52. The molecule has 27 heavy (non-hydrogen) atoms. The minimum absolute atomic E-state index is 0.0416. The fourth-order valence-corrected chi connectivity index (χ4v) is 2.93. The molecular weight excluding hydrogens is 352 g/mol. The molecule has 0 atom stereocenters. The van der Waals surface area contributed by atoms with Crippen LogP contribution in [-0.2, 0) is 9.53 Å². The van der Waals surface area contributed by atoms with E-state index in [-0.39, 0.29) is 17.5 Å². The lowest BCUT2D eigenvalue weighted by molar-refractivity contribution is -0.385. The number of carbonyl (C=O) groups is 2. The molecule has 0 unspecified atom stereocenters. The van der Waals surface area contributed by atoms with Crippen molar-refractivity contribution in [2.75, 3.05) is 53.0 Å². The molecule has 9 nitrogen and oxygen atoms in total. The molecule has 148 valence electrons. The average Bonchev–Trinajstić information content (AvgIpc) is 2.65. The van der Waals surface area contributed by atoms with E-state index in [2.05, 4.69) is 5.32 Å². The van der Waals surface area contributed by atoms with Crippen LogP contribution in [0.4, 0.5) is 5.69 Å². The van der Waals surface area contributed by atoms with Crippen LogP contribution in [0, 0.1) is 17.0 Å². The van der Waals surface area contributed by atoms with Gasteiger partial charge in [-0.3, -0.25) is 24.6 Å².